The third-order valence-electron chi connectivity index (χ3n) is 0.776. The molecule has 0 bridgehead atoms. The lowest BCUT2D eigenvalue weighted by atomic mass is 10.7. The zero-order valence-corrected chi connectivity index (χ0v) is 4.91. The molecule has 0 radical (unpaired) electrons. The number of carbonyl (C=O) groups excluding carboxylic acids is 1. The molecule has 4 nitrogen and oxygen atoms in total. The number of carbonyl (C=O) groups is 1. The lowest BCUT2D eigenvalue weighted by Gasteiger charge is -1.92. The van der Waals surface area contributed by atoms with Gasteiger partial charge in [0, 0.05) is 12.4 Å². The number of rotatable bonds is 1. The monoisotopic (exact) mass is 141 g/mol. The molecule has 0 unspecified atom stereocenters. The van der Waals surface area contributed by atoms with Crippen LogP contribution in [0.25, 0.3) is 0 Å². The highest BCUT2D eigenvalue weighted by Crippen LogP contribution is 1.93. The van der Waals surface area contributed by atoms with Crippen molar-refractivity contribution in [3.63, 3.8) is 0 Å². The van der Waals surface area contributed by atoms with E-state index in [1.54, 1.807) is 11.4 Å². The molecule has 0 saturated carbocycles. The topological polar surface area (TPSA) is 54.9 Å². The maximum atomic E-state index is 11.6. The third-order valence-corrected chi connectivity index (χ3v) is 0.776. The number of halogens is 1. The second-order valence-electron chi connectivity index (χ2n) is 1.47. The molecule has 10 heavy (non-hydrogen) atoms. The number of nitrogens with zero attached hydrogens (tertiary/aromatic N) is 2. The zero-order chi connectivity index (χ0) is 7.40. The van der Waals surface area contributed by atoms with Crippen LogP contribution in [-0.2, 0) is 0 Å². The molecule has 1 heterocycles. The van der Waals surface area contributed by atoms with Gasteiger partial charge in [-0.2, -0.15) is 0 Å². The molecule has 0 aliphatic rings. The molecule has 1 amide bonds. The summed E-state index contributed by atoms with van der Waals surface area (Å²) < 4.78 is 11.6. The van der Waals surface area contributed by atoms with Gasteiger partial charge in [-0.25, -0.2) is 14.8 Å². The summed E-state index contributed by atoms with van der Waals surface area (Å²) in [7, 11) is 0. The summed E-state index contributed by atoms with van der Waals surface area (Å²) >= 11 is 0. The van der Waals surface area contributed by atoms with E-state index in [2.05, 4.69) is 9.97 Å². The van der Waals surface area contributed by atoms with Crippen LogP contribution in [0.4, 0.5) is 15.1 Å². The molecule has 0 aliphatic carbocycles. The first kappa shape index (κ1) is 6.60. The van der Waals surface area contributed by atoms with Crippen molar-refractivity contribution in [2.45, 2.75) is 0 Å². The van der Waals surface area contributed by atoms with E-state index >= 15 is 0 Å². The van der Waals surface area contributed by atoms with E-state index in [-0.39, 0.29) is 5.95 Å². The second-order valence-corrected chi connectivity index (χ2v) is 1.47. The molecular weight excluding hydrogens is 137 g/mol. The second kappa shape index (κ2) is 2.86. The van der Waals surface area contributed by atoms with Gasteiger partial charge in [0.05, 0.1) is 0 Å². The highest BCUT2D eigenvalue weighted by Gasteiger charge is 1.97. The molecule has 1 rings (SSSR count). The molecule has 0 aromatic carbocycles. The minimum atomic E-state index is -1.66. The van der Waals surface area contributed by atoms with E-state index in [0.717, 1.165) is 0 Å². The van der Waals surface area contributed by atoms with Crippen molar-refractivity contribution in [1.82, 2.24) is 9.97 Å². The van der Waals surface area contributed by atoms with Crippen LogP contribution in [0.5, 0.6) is 0 Å². The van der Waals surface area contributed by atoms with Crippen LogP contribution in [0.15, 0.2) is 18.5 Å². The summed E-state index contributed by atoms with van der Waals surface area (Å²) in [6.45, 7) is 0. The maximum absolute atomic E-state index is 11.6. The lowest BCUT2D eigenvalue weighted by Crippen LogP contribution is -2.05. The van der Waals surface area contributed by atoms with Crippen LogP contribution in [0.3, 0.4) is 0 Å². The Kier molecular flexibility index (Phi) is 1.89. The van der Waals surface area contributed by atoms with Crippen LogP contribution in [0, 0.1) is 0 Å². The van der Waals surface area contributed by atoms with Gasteiger partial charge in [-0.05, 0) is 6.07 Å². The largest absolute Gasteiger partial charge is 0.404 e. The molecule has 1 aromatic rings. The molecule has 1 N–H and O–H groups in total. The van der Waals surface area contributed by atoms with Gasteiger partial charge >= 0.3 is 6.16 Å². The fourth-order valence-corrected chi connectivity index (χ4v) is 0.452. The smallest absolute Gasteiger partial charge is 0.266 e. The van der Waals surface area contributed by atoms with Gasteiger partial charge < -0.3 is 0 Å². The fourth-order valence-electron chi connectivity index (χ4n) is 0.452. The molecule has 0 aliphatic heterocycles. The van der Waals surface area contributed by atoms with Gasteiger partial charge in [-0.15, -0.1) is 4.39 Å². The standard InChI is InChI=1S/C5H4FN3O/c6-4(10)9-5-7-2-1-3-8-5/h1-3H,(H,7,8,9,10). The normalized spacial score (nSPS) is 8.90. The zero-order valence-electron chi connectivity index (χ0n) is 4.91. The van der Waals surface area contributed by atoms with Gasteiger partial charge in [-0.1, -0.05) is 0 Å². The summed E-state index contributed by atoms with van der Waals surface area (Å²) in [5, 5.41) is 1.78. The summed E-state index contributed by atoms with van der Waals surface area (Å²) in [6, 6.07) is 1.56. The Balaban J connectivity index is 2.67. The predicted octanol–water partition coefficient (Wildman–Crippen LogP) is 0.978. The van der Waals surface area contributed by atoms with Gasteiger partial charge in [0.15, 0.2) is 0 Å². The Hall–Kier alpha value is -1.52. The van der Waals surface area contributed by atoms with Gasteiger partial charge in [-0.3, -0.25) is 5.32 Å². The fraction of sp³-hybridized carbons (Fsp3) is 0. The maximum Gasteiger partial charge on any atom is 0.404 e. The van der Waals surface area contributed by atoms with Crippen molar-refractivity contribution in [3.8, 4) is 0 Å². The Labute approximate surface area is 56.1 Å². The van der Waals surface area contributed by atoms with E-state index in [4.69, 9.17) is 0 Å². The SMILES string of the molecule is O=C(F)Nc1ncccn1. The number of aromatic nitrogens is 2. The number of amides is 1. The van der Waals surface area contributed by atoms with E-state index in [0.29, 0.717) is 0 Å². The average Bonchev–Trinajstić information content (AvgIpc) is 1.88. The summed E-state index contributed by atoms with van der Waals surface area (Å²) in [5.74, 6) is -0.0324. The average molecular weight is 141 g/mol. The first-order valence-electron chi connectivity index (χ1n) is 2.52. The Morgan fingerprint density at radius 3 is 2.60 bits per heavy atom. The highest BCUT2D eigenvalue weighted by atomic mass is 19.1. The van der Waals surface area contributed by atoms with E-state index in [1.807, 2.05) is 0 Å². The van der Waals surface area contributed by atoms with Crippen molar-refractivity contribution in [1.29, 1.82) is 0 Å². The van der Waals surface area contributed by atoms with Crippen molar-refractivity contribution in [2.24, 2.45) is 0 Å². The van der Waals surface area contributed by atoms with Crippen molar-refractivity contribution in [2.75, 3.05) is 5.32 Å². The van der Waals surface area contributed by atoms with Crippen molar-refractivity contribution in [3.05, 3.63) is 18.5 Å². The predicted molar refractivity (Wildman–Crippen MR) is 32.2 cm³/mol. The summed E-state index contributed by atoms with van der Waals surface area (Å²) in [6.07, 6.45) is 1.14. The molecular formula is C5H4FN3O. The van der Waals surface area contributed by atoms with Gasteiger partial charge in [0.1, 0.15) is 0 Å². The van der Waals surface area contributed by atoms with E-state index in [9.17, 15) is 9.18 Å². The minimum absolute atomic E-state index is 0.0324. The third kappa shape index (κ3) is 1.77. The highest BCUT2D eigenvalue weighted by molar-refractivity contribution is 5.80. The molecule has 0 fully saturated rings. The Morgan fingerprint density at radius 2 is 2.10 bits per heavy atom. The first-order chi connectivity index (χ1) is 4.79. The number of nitrogens with one attached hydrogen (secondary N) is 1. The number of anilines is 1. The van der Waals surface area contributed by atoms with Crippen LogP contribution < -0.4 is 5.32 Å². The molecule has 1 aromatic heterocycles. The van der Waals surface area contributed by atoms with E-state index in [1.165, 1.54) is 12.4 Å². The lowest BCUT2D eigenvalue weighted by molar-refractivity contribution is 0.234. The summed E-state index contributed by atoms with van der Waals surface area (Å²) in [4.78, 5) is 16.8. The number of hydrogen-bond acceptors (Lipinski definition) is 3. The molecule has 52 valence electrons. The quantitative estimate of drug-likeness (QED) is 0.468. The molecule has 0 saturated heterocycles. The van der Waals surface area contributed by atoms with Crippen LogP contribution >= 0.6 is 0 Å². The van der Waals surface area contributed by atoms with E-state index < -0.39 is 6.16 Å². The number of hydrogen-bond donors (Lipinski definition) is 1. The minimum Gasteiger partial charge on any atom is -0.266 e. The summed E-state index contributed by atoms with van der Waals surface area (Å²) in [5.41, 5.74) is 0. The Morgan fingerprint density at radius 1 is 1.50 bits per heavy atom. The van der Waals surface area contributed by atoms with Crippen molar-refractivity contribution >= 4 is 12.1 Å². The van der Waals surface area contributed by atoms with Gasteiger partial charge in [0.25, 0.3) is 0 Å². The molecule has 0 atom stereocenters. The van der Waals surface area contributed by atoms with Gasteiger partial charge in [0.2, 0.25) is 5.95 Å². The Bertz CT molecular complexity index is 226. The first-order valence-corrected chi connectivity index (χ1v) is 2.52. The van der Waals surface area contributed by atoms with Crippen molar-refractivity contribution < 1.29 is 9.18 Å². The van der Waals surface area contributed by atoms with Crippen LogP contribution in [0.1, 0.15) is 0 Å². The molecule has 5 heteroatoms. The van der Waals surface area contributed by atoms with Crippen LogP contribution in [-0.4, -0.2) is 16.1 Å². The van der Waals surface area contributed by atoms with Crippen LogP contribution in [0.2, 0.25) is 0 Å². The molecule has 0 spiro atoms.